The van der Waals surface area contributed by atoms with Crippen LogP contribution in [0, 0.1) is 0 Å². The topological polar surface area (TPSA) is 43.0 Å². The van der Waals surface area contributed by atoms with Crippen molar-refractivity contribution in [1.82, 2.24) is 10.4 Å². The molecule has 1 rings (SSSR count). The minimum absolute atomic E-state index is 0.237. The number of methoxy groups -OCH3 is 1. The van der Waals surface area contributed by atoms with Crippen molar-refractivity contribution < 1.29 is 14.3 Å². The molecule has 0 saturated carbocycles. The summed E-state index contributed by atoms with van der Waals surface area (Å²) in [7, 11) is 1.66. The monoisotopic (exact) mass is 218 g/mol. The molecule has 1 aliphatic heterocycles. The number of likely N-dealkylation sites (N-methyl/N-ethyl adjacent to an activating group) is 1. The predicted molar refractivity (Wildman–Crippen MR) is 57.7 cm³/mol. The van der Waals surface area contributed by atoms with Gasteiger partial charge in [-0.15, -0.1) is 0 Å². The quantitative estimate of drug-likeness (QED) is 0.476. The average molecular weight is 218 g/mol. The summed E-state index contributed by atoms with van der Waals surface area (Å²) in [4.78, 5) is 7.55. The molecule has 0 aromatic carbocycles. The minimum atomic E-state index is 0.237. The highest BCUT2D eigenvalue weighted by molar-refractivity contribution is 4.70. The highest BCUT2D eigenvalue weighted by atomic mass is 16.7. The zero-order chi connectivity index (χ0) is 10.9. The first-order valence-electron chi connectivity index (χ1n) is 5.54. The summed E-state index contributed by atoms with van der Waals surface area (Å²) in [6, 6.07) is 0. The summed E-state index contributed by atoms with van der Waals surface area (Å²) in [5.41, 5.74) is 2.90. The molecule has 0 aromatic rings. The lowest BCUT2D eigenvalue weighted by Gasteiger charge is -2.31. The Morgan fingerprint density at radius 2 is 2.33 bits per heavy atom. The van der Waals surface area contributed by atoms with Crippen molar-refractivity contribution in [2.24, 2.45) is 0 Å². The van der Waals surface area contributed by atoms with Gasteiger partial charge in [0.05, 0.1) is 25.9 Å². The van der Waals surface area contributed by atoms with Crippen LogP contribution in [0.3, 0.4) is 0 Å². The van der Waals surface area contributed by atoms with Crippen LogP contribution >= 0.6 is 0 Å². The number of nitrogens with zero attached hydrogens (tertiary/aromatic N) is 1. The van der Waals surface area contributed by atoms with E-state index in [9.17, 15) is 0 Å². The van der Waals surface area contributed by atoms with Crippen LogP contribution in [0.15, 0.2) is 0 Å². The minimum Gasteiger partial charge on any atom is -0.382 e. The van der Waals surface area contributed by atoms with E-state index < -0.39 is 0 Å². The Kier molecular flexibility index (Phi) is 6.87. The zero-order valence-corrected chi connectivity index (χ0v) is 9.70. The maximum atomic E-state index is 5.60. The molecule has 1 N–H and O–H groups in total. The molecule has 0 spiro atoms. The highest BCUT2D eigenvalue weighted by Crippen LogP contribution is 2.03. The van der Waals surface area contributed by atoms with Crippen molar-refractivity contribution in [3.05, 3.63) is 0 Å². The molecule has 0 bridgehead atoms. The fourth-order valence-electron chi connectivity index (χ4n) is 1.54. The Labute approximate surface area is 91.6 Å². The van der Waals surface area contributed by atoms with Gasteiger partial charge in [-0.2, -0.15) is 5.48 Å². The second kappa shape index (κ2) is 8.01. The van der Waals surface area contributed by atoms with Crippen molar-refractivity contribution in [2.45, 2.75) is 13.0 Å². The third-order valence-electron chi connectivity index (χ3n) is 2.47. The Hall–Kier alpha value is -0.200. The van der Waals surface area contributed by atoms with Crippen molar-refractivity contribution in [2.75, 3.05) is 53.1 Å². The lowest BCUT2D eigenvalue weighted by Crippen LogP contribution is -2.46. The van der Waals surface area contributed by atoms with E-state index in [4.69, 9.17) is 14.3 Å². The van der Waals surface area contributed by atoms with Crippen molar-refractivity contribution in [1.29, 1.82) is 0 Å². The van der Waals surface area contributed by atoms with Crippen LogP contribution in [0.1, 0.15) is 6.92 Å². The molecule has 1 saturated heterocycles. The maximum absolute atomic E-state index is 5.60. The van der Waals surface area contributed by atoms with Gasteiger partial charge in [-0.25, -0.2) is 0 Å². The molecule has 0 radical (unpaired) electrons. The zero-order valence-electron chi connectivity index (χ0n) is 9.70. The van der Waals surface area contributed by atoms with E-state index in [1.165, 1.54) is 0 Å². The molecule has 1 unspecified atom stereocenters. The third-order valence-corrected chi connectivity index (χ3v) is 2.47. The van der Waals surface area contributed by atoms with E-state index in [1.807, 2.05) is 0 Å². The molecule has 5 nitrogen and oxygen atoms in total. The molecular weight excluding hydrogens is 196 g/mol. The number of ether oxygens (including phenoxy) is 2. The number of hydroxylamine groups is 1. The van der Waals surface area contributed by atoms with Gasteiger partial charge in [0.25, 0.3) is 0 Å². The van der Waals surface area contributed by atoms with E-state index in [1.54, 1.807) is 7.11 Å². The Balaban J connectivity index is 2.00. The summed E-state index contributed by atoms with van der Waals surface area (Å²) >= 11 is 0. The molecule has 1 fully saturated rings. The van der Waals surface area contributed by atoms with Gasteiger partial charge >= 0.3 is 0 Å². The molecular formula is C10H22N2O3. The predicted octanol–water partition coefficient (Wildman–Crippen LogP) is -0.125. The van der Waals surface area contributed by atoms with Crippen LogP contribution in [0.4, 0.5) is 0 Å². The lowest BCUT2D eigenvalue weighted by atomic mass is 10.3. The van der Waals surface area contributed by atoms with Crippen LogP contribution < -0.4 is 5.48 Å². The Bertz CT molecular complexity index is 158. The lowest BCUT2D eigenvalue weighted by molar-refractivity contribution is -0.0610. The molecule has 0 aliphatic carbocycles. The fourth-order valence-corrected chi connectivity index (χ4v) is 1.54. The second-order valence-corrected chi connectivity index (χ2v) is 3.58. The molecule has 1 heterocycles. The van der Waals surface area contributed by atoms with Crippen LogP contribution in [0.5, 0.6) is 0 Å². The first-order valence-corrected chi connectivity index (χ1v) is 5.54. The van der Waals surface area contributed by atoms with Gasteiger partial charge < -0.3 is 9.47 Å². The molecule has 5 heteroatoms. The van der Waals surface area contributed by atoms with E-state index in [0.717, 1.165) is 32.8 Å². The number of morpholine rings is 1. The molecule has 15 heavy (non-hydrogen) atoms. The normalized spacial score (nSPS) is 23.2. The van der Waals surface area contributed by atoms with Gasteiger partial charge in [0.15, 0.2) is 0 Å². The maximum Gasteiger partial charge on any atom is 0.0915 e. The SMILES string of the molecule is CCN1CCOC(CNOCCOC)C1. The van der Waals surface area contributed by atoms with Crippen LogP contribution in [0.25, 0.3) is 0 Å². The van der Waals surface area contributed by atoms with Gasteiger partial charge in [0, 0.05) is 26.7 Å². The van der Waals surface area contributed by atoms with E-state index in [-0.39, 0.29) is 6.10 Å². The van der Waals surface area contributed by atoms with Crippen LogP contribution in [-0.4, -0.2) is 64.1 Å². The smallest absolute Gasteiger partial charge is 0.0915 e. The summed E-state index contributed by atoms with van der Waals surface area (Å²) < 4.78 is 10.5. The van der Waals surface area contributed by atoms with Gasteiger partial charge in [0.2, 0.25) is 0 Å². The number of rotatable bonds is 7. The van der Waals surface area contributed by atoms with E-state index in [2.05, 4.69) is 17.3 Å². The van der Waals surface area contributed by atoms with Gasteiger partial charge in [-0.05, 0) is 6.54 Å². The van der Waals surface area contributed by atoms with Crippen molar-refractivity contribution in [3.63, 3.8) is 0 Å². The molecule has 90 valence electrons. The summed E-state index contributed by atoms with van der Waals surface area (Å²) in [6.07, 6.45) is 0.237. The van der Waals surface area contributed by atoms with Crippen molar-refractivity contribution >= 4 is 0 Å². The Morgan fingerprint density at radius 3 is 3.07 bits per heavy atom. The number of hydrogen-bond acceptors (Lipinski definition) is 5. The molecule has 1 aliphatic rings. The highest BCUT2D eigenvalue weighted by Gasteiger charge is 2.18. The summed E-state index contributed by atoms with van der Waals surface area (Å²) in [5.74, 6) is 0. The third kappa shape index (κ3) is 5.44. The first kappa shape index (κ1) is 12.9. The first-order chi connectivity index (χ1) is 7.36. The fraction of sp³-hybridized carbons (Fsp3) is 1.00. The van der Waals surface area contributed by atoms with E-state index in [0.29, 0.717) is 13.2 Å². The second-order valence-electron chi connectivity index (χ2n) is 3.58. The van der Waals surface area contributed by atoms with Crippen LogP contribution in [-0.2, 0) is 14.3 Å². The van der Waals surface area contributed by atoms with Gasteiger partial charge in [-0.1, -0.05) is 6.92 Å². The standard InChI is InChI=1S/C10H22N2O3/c1-3-12-4-5-14-10(9-12)8-11-15-7-6-13-2/h10-11H,3-9H2,1-2H3. The van der Waals surface area contributed by atoms with E-state index >= 15 is 0 Å². The Morgan fingerprint density at radius 1 is 1.47 bits per heavy atom. The average Bonchev–Trinajstić information content (AvgIpc) is 2.29. The largest absolute Gasteiger partial charge is 0.382 e. The molecule has 1 atom stereocenters. The molecule has 0 amide bonds. The summed E-state index contributed by atoms with van der Waals surface area (Å²) in [6.45, 7) is 8.02. The van der Waals surface area contributed by atoms with Crippen molar-refractivity contribution in [3.8, 4) is 0 Å². The molecule has 0 aromatic heterocycles. The van der Waals surface area contributed by atoms with Gasteiger partial charge in [0.1, 0.15) is 0 Å². The van der Waals surface area contributed by atoms with Gasteiger partial charge in [-0.3, -0.25) is 9.74 Å². The number of hydrogen-bond donors (Lipinski definition) is 1. The van der Waals surface area contributed by atoms with Crippen LogP contribution in [0.2, 0.25) is 0 Å². The summed E-state index contributed by atoms with van der Waals surface area (Å²) in [5, 5.41) is 0. The number of nitrogens with one attached hydrogen (secondary N) is 1.